The number of amides is 1. The van der Waals surface area contributed by atoms with Gasteiger partial charge in [-0.3, -0.25) is 4.90 Å². The van der Waals surface area contributed by atoms with Crippen molar-refractivity contribution < 1.29 is 28.2 Å². The Kier molecular flexibility index (Phi) is 8.21. The molecule has 7 heteroatoms. The minimum absolute atomic E-state index is 0.113. The molecule has 42 heavy (non-hydrogen) atoms. The van der Waals surface area contributed by atoms with Crippen LogP contribution in [-0.4, -0.2) is 42.3 Å². The molecule has 6 nitrogen and oxygen atoms in total. The third-order valence-corrected chi connectivity index (χ3v) is 7.66. The van der Waals surface area contributed by atoms with Crippen molar-refractivity contribution in [2.45, 2.75) is 57.8 Å². The summed E-state index contributed by atoms with van der Waals surface area (Å²) in [6.45, 7) is 7.80. The Balaban J connectivity index is 1.50. The minimum atomic E-state index is -0.722. The van der Waals surface area contributed by atoms with Gasteiger partial charge in [0.25, 0.3) is 0 Å². The SMILES string of the molecule is COC(=O)c1ccc(C2C[C@H](CN(C(=O)OC(C)(C)C)[C@H](C)c3cccc4ccccc34)Oc3ccccc32)cc1F. The number of nitrogens with zero attached hydrogens (tertiary/aromatic N) is 1. The van der Waals surface area contributed by atoms with Gasteiger partial charge in [0, 0.05) is 11.5 Å². The number of halogens is 1. The van der Waals surface area contributed by atoms with Gasteiger partial charge in [-0.25, -0.2) is 14.0 Å². The van der Waals surface area contributed by atoms with E-state index in [2.05, 4.69) is 18.2 Å². The molecule has 0 N–H and O–H groups in total. The van der Waals surface area contributed by atoms with Crippen LogP contribution in [0, 0.1) is 5.82 Å². The largest absolute Gasteiger partial charge is 0.488 e. The van der Waals surface area contributed by atoms with Crippen LogP contribution in [0.4, 0.5) is 9.18 Å². The van der Waals surface area contributed by atoms with Crippen molar-refractivity contribution in [2.75, 3.05) is 13.7 Å². The molecule has 1 amide bonds. The van der Waals surface area contributed by atoms with Crippen molar-refractivity contribution in [2.24, 2.45) is 0 Å². The number of hydrogen-bond acceptors (Lipinski definition) is 5. The van der Waals surface area contributed by atoms with E-state index in [0.29, 0.717) is 17.7 Å². The summed E-state index contributed by atoms with van der Waals surface area (Å²) in [7, 11) is 1.23. The average molecular weight is 570 g/mol. The molecule has 0 aromatic heterocycles. The zero-order valence-electron chi connectivity index (χ0n) is 24.6. The fourth-order valence-corrected chi connectivity index (χ4v) is 5.66. The van der Waals surface area contributed by atoms with Crippen molar-refractivity contribution in [3.63, 3.8) is 0 Å². The summed E-state index contributed by atoms with van der Waals surface area (Å²) in [6.07, 6.45) is -0.344. The van der Waals surface area contributed by atoms with Crippen LogP contribution >= 0.6 is 0 Å². The highest BCUT2D eigenvalue weighted by atomic mass is 19.1. The van der Waals surface area contributed by atoms with Gasteiger partial charge in [0.1, 0.15) is 23.3 Å². The van der Waals surface area contributed by atoms with Crippen LogP contribution in [0.2, 0.25) is 0 Å². The van der Waals surface area contributed by atoms with E-state index >= 15 is 4.39 Å². The summed E-state index contributed by atoms with van der Waals surface area (Å²) >= 11 is 0. The molecule has 0 saturated carbocycles. The van der Waals surface area contributed by atoms with Crippen LogP contribution in [0.3, 0.4) is 0 Å². The Morgan fingerprint density at radius 2 is 1.71 bits per heavy atom. The van der Waals surface area contributed by atoms with Crippen LogP contribution in [-0.2, 0) is 9.47 Å². The highest BCUT2D eigenvalue weighted by Crippen LogP contribution is 2.41. The van der Waals surface area contributed by atoms with Crippen LogP contribution in [0.1, 0.15) is 73.1 Å². The van der Waals surface area contributed by atoms with E-state index < -0.39 is 29.6 Å². The molecule has 1 aliphatic rings. The Labute approximate surface area is 246 Å². The molecule has 0 saturated heterocycles. The maximum absolute atomic E-state index is 15.0. The minimum Gasteiger partial charge on any atom is -0.488 e. The number of esters is 1. The number of benzene rings is 4. The van der Waals surface area contributed by atoms with E-state index in [1.165, 1.54) is 19.2 Å². The molecule has 5 rings (SSSR count). The van der Waals surface area contributed by atoms with Crippen molar-refractivity contribution in [1.29, 1.82) is 0 Å². The number of rotatable bonds is 6. The lowest BCUT2D eigenvalue weighted by atomic mass is 9.83. The van der Waals surface area contributed by atoms with Crippen molar-refractivity contribution in [3.05, 3.63) is 113 Å². The number of carbonyl (C=O) groups excluding carboxylic acids is 2. The summed E-state index contributed by atoms with van der Waals surface area (Å²) in [5, 5.41) is 2.15. The lowest BCUT2D eigenvalue weighted by Gasteiger charge is -2.38. The maximum Gasteiger partial charge on any atom is 0.410 e. The second-order valence-corrected chi connectivity index (χ2v) is 11.7. The van der Waals surface area contributed by atoms with Gasteiger partial charge >= 0.3 is 12.1 Å². The smallest absolute Gasteiger partial charge is 0.410 e. The van der Waals surface area contributed by atoms with Gasteiger partial charge in [0.05, 0.1) is 25.3 Å². The standard InChI is InChI=1S/C35H36FNO5/c1-22(26-15-10-12-23-11-6-7-13-27(23)26)37(34(39)42-35(2,3)4)21-25-20-30(28-14-8-9-16-32(28)41-25)24-17-18-29(31(36)19-24)33(38)40-5/h6-19,22,25,30H,20-21H2,1-5H3/t22-,25-,30?/m1/s1. The molecule has 4 aromatic carbocycles. The van der Waals surface area contributed by atoms with Crippen LogP contribution in [0.5, 0.6) is 5.75 Å². The quantitative estimate of drug-likeness (QED) is 0.220. The summed E-state index contributed by atoms with van der Waals surface area (Å²) in [5.74, 6) is -0.896. The molecule has 0 spiro atoms. The molecule has 0 fully saturated rings. The predicted octanol–water partition coefficient (Wildman–Crippen LogP) is 8.05. The lowest BCUT2D eigenvalue weighted by molar-refractivity contribution is 0.00570. The zero-order chi connectivity index (χ0) is 30.0. The van der Waals surface area contributed by atoms with Crippen LogP contribution in [0.25, 0.3) is 10.8 Å². The molecular weight excluding hydrogens is 533 g/mol. The zero-order valence-corrected chi connectivity index (χ0v) is 24.6. The Morgan fingerprint density at radius 1 is 1.00 bits per heavy atom. The van der Waals surface area contributed by atoms with Crippen molar-refractivity contribution >= 4 is 22.8 Å². The summed E-state index contributed by atoms with van der Waals surface area (Å²) in [6, 6.07) is 26.1. The van der Waals surface area contributed by atoms with Gasteiger partial charge in [-0.2, -0.15) is 0 Å². The van der Waals surface area contributed by atoms with E-state index in [9.17, 15) is 9.59 Å². The average Bonchev–Trinajstić information content (AvgIpc) is 2.97. The maximum atomic E-state index is 15.0. The summed E-state index contributed by atoms with van der Waals surface area (Å²) in [4.78, 5) is 27.4. The summed E-state index contributed by atoms with van der Waals surface area (Å²) < 4.78 is 32.1. The van der Waals surface area contributed by atoms with E-state index in [4.69, 9.17) is 14.2 Å². The first-order valence-electron chi connectivity index (χ1n) is 14.2. The highest BCUT2D eigenvalue weighted by molar-refractivity contribution is 5.89. The number of ether oxygens (including phenoxy) is 3. The number of fused-ring (bicyclic) bond motifs is 2. The molecule has 1 aliphatic heterocycles. The van der Waals surface area contributed by atoms with Gasteiger partial charge in [-0.05, 0) is 74.2 Å². The third kappa shape index (κ3) is 6.10. The third-order valence-electron chi connectivity index (χ3n) is 7.66. The Bertz CT molecular complexity index is 1610. The van der Waals surface area contributed by atoms with E-state index in [1.807, 2.05) is 76.2 Å². The first-order valence-corrected chi connectivity index (χ1v) is 14.2. The molecule has 218 valence electrons. The van der Waals surface area contributed by atoms with Crippen molar-refractivity contribution in [3.8, 4) is 5.75 Å². The van der Waals surface area contributed by atoms with Crippen LogP contribution < -0.4 is 4.74 Å². The first kappa shape index (κ1) is 29.1. The second kappa shape index (κ2) is 11.8. The lowest BCUT2D eigenvalue weighted by Crippen LogP contribution is -2.45. The van der Waals surface area contributed by atoms with Gasteiger partial charge in [-0.1, -0.05) is 66.7 Å². The van der Waals surface area contributed by atoms with E-state index in [-0.39, 0.29) is 24.1 Å². The van der Waals surface area contributed by atoms with E-state index in [0.717, 1.165) is 21.9 Å². The first-order chi connectivity index (χ1) is 20.1. The van der Waals surface area contributed by atoms with Gasteiger partial charge in [-0.15, -0.1) is 0 Å². The number of carbonyl (C=O) groups is 2. The number of para-hydroxylation sites is 1. The normalized spacial score (nSPS) is 17.1. The Hall–Kier alpha value is -4.39. The highest BCUT2D eigenvalue weighted by Gasteiger charge is 2.35. The molecule has 0 radical (unpaired) electrons. The summed E-state index contributed by atoms with van der Waals surface area (Å²) in [5.41, 5.74) is 1.84. The topological polar surface area (TPSA) is 65.1 Å². The fourth-order valence-electron chi connectivity index (χ4n) is 5.66. The number of methoxy groups -OCH3 is 1. The molecule has 0 aliphatic carbocycles. The molecule has 1 unspecified atom stereocenters. The van der Waals surface area contributed by atoms with Crippen LogP contribution in [0.15, 0.2) is 84.9 Å². The van der Waals surface area contributed by atoms with Crippen molar-refractivity contribution in [1.82, 2.24) is 4.90 Å². The molecule has 0 bridgehead atoms. The molecule has 1 heterocycles. The monoisotopic (exact) mass is 569 g/mol. The number of hydrogen-bond donors (Lipinski definition) is 0. The molecular formula is C35H36FNO5. The Morgan fingerprint density at radius 3 is 2.45 bits per heavy atom. The van der Waals surface area contributed by atoms with E-state index in [1.54, 1.807) is 11.0 Å². The molecule has 3 atom stereocenters. The molecule has 4 aromatic rings. The fraction of sp³-hybridized carbons (Fsp3) is 0.314. The predicted molar refractivity (Wildman–Crippen MR) is 160 cm³/mol. The van der Waals surface area contributed by atoms with Gasteiger partial charge in [0.2, 0.25) is 0 Å². The van der Waals surface area contributed by atoms with Gasteiger partial charge in [0.15, 0.2) is 0 Å². The second-order valence-electron chi connectivity index (χ2n) is 11.7. The van der Waals surface area contributed by atoms with Gasteiger partial charge < -0.3 is 14.2 Å².